The number of nitrogens with zero attached hydrogens (tertiary/aromatic N) is 2. The number of hydrogen-bond acceptors (Lipinski definition) is 4. The second kappa shape index (κ2) is 8.11. The molecule has 2 atom stereocenters. The van der Waals surface area contributed by atoms with E-state index in [4.69, 9.17) is 16.3 Å². The van der Waals surface area contributed by atoms with Gasteiger partial charge in [0.15, 0.2) is 11.4 Å². The molecule has 1 N–H and O–H groups in total. The summed E-state index contributed by atoms with van der Waals surface area (Å²) in [5.74, 6) is -1.45. The van der Waals surface area contributed by atoms with E-state index in [1.54, 1.807) is 6.08 Å². The number of amides is 2. The van der Waals surface area contributed by atoms with E-state index in [0.29, 0.717) is 13.1 Å². The van der Waals surface area contributed by atoms with Crippen molar-refractivity contribution in [2.24, 2.45) is 0 Å². The Morgan fingerprint density at radius 1 is 1.18 bits per heavy atom. The number of carbonyl (C=O) groups is 2. The molecule has 2 amide bonds. The number of alkyl halides is 1. The number of ether oxygens (including phenoxy) is 1. The molecule has 0 aliphatic carbocycles. The lowest BCUT2D eigenvalue weighted by atomic mass is 9.86. The average Bonchev–Trinajstić information content (AvgIpc) is 3.17. The highest BCUT2D eigenvalue weighted by Crippen LogP contribution is 2.43. The van der Waals surface area contributed by atoms with E-state index >= 15 is 8.78 Å². The summed E-state index contributed by atoms with van der Waals surface area (Å²) in [6, 6.07) is 12.5. The van der Waals surface area contributed by atoms with Gasteiger partial charge in [-0.15, -0.1) is 0 Å². The Morgan fingerprint density at radius 2 is 1.97 bits per heavy atom. The molecule has 3 aliphatic heterocycles. The third-order valence-corrected chi connectivity index (χ3v) is 6.68. The fraction of sp³-hybridized carbons (Fsp3) is 0.333. The molecule has 9 heteroatoms. The molecule has 1 spiro atoms. The van der Waals surface area contributed by atoms with Crippen LogP contribution in [0.4, 0.5) is 19.3 Å². The zero-order chi connectivity index (χ0) is 23.2. The molecule has 1 saturated heterocycles. The molecule has 0 bridgehead atoms. The van der Waals surface area contributed by atoms with E-state index < -0.39 is 29.1 Å². The standard InChI is InChI=1S/C24H22ClF2N3O3/c25-17-7-8-18-19(20(17)26)24(33-22(32)28-18)9-4-11-30(15-24)21(31)23(27)10-12-29(14-23)13-16-5-2-1-3-6-16/h1-9H,10-15H2,(H,28,32)/t23?,24-/m0/s1. The van der Waals surface area contributed by atoms with Crippen LogP contribution in [0.1, 0.15) is 17.5 Å². The second-order valence-corrected chi connectivity index (χ2v) is 9.09. The number of likely N-dealkylation sites (tertiary alicyclic amines) is 1. The van der Waals surface area contributed by atoms with Crippen molar-refractivity contribution in [2.75, 3.05) is 31.5 Å². The van der Waals surface area contributed by atoms with Crippen LogP contribution in [0.2, 0.25) is 5.02 Å². The molecule has 2 aromatic rings. The molecule has 0 radical (unpaired) electrons. The van der Waals surface area contributed by atoms with Gasteiger partial charge in [0, 0.05) is 32.6 Å². The summed E-state index contributed by atoms with van der Waals surface area (Å²) in [6.07, 6.45) is 2.40. The van der Waals surface area contributed by atoms with E-state index in [-0.39, 0.29) is 42.3 Å². The number of fused-ring (bicyclic) bond motifs is 2. The molecular weight excluding hydrogens is 452 g/mol. The van der Waals surface area contributed by atoms with E-state index in [1.807, 2.05) is 35.2 Å². The van der Waals surface area contributed by atoms with Crippen molar-refractivity contribution in [1.29, 1.82) is 0 Å². The van der Waals surface area contributed by atoms with E-state index in [1.165, 1.54) is 23.1 Å². The number of anilines is 1. The summed E-state index contributed by atoms with van der Waals surface area (Å²) in [4.78, 5) is 28.7. The molecule has 33 heavy (non-hydrogen) atoms. The maximum Gasteiger partial charge on any atom is 0.412 e. The molecule has 3 heterocycles. The first-order chi connectivity index (χ1) is 15.8. The maximum atomic E-state index is 15.8. The smallest absolute Gasteiger partial charge is 0.412 e. The Hall–Kier alpha value is -2.97. The first kappa shape index (κ1) is 21.9. The average molecular weight is 474 g/mol. The molecule has 1 fully saturated rings. The number of hydrogen-bond donors (Lipinski definition) is 1. The summed E-state index contributed by atoms with van der Waals surface area (Å²) in [7, 11) is 0. The predicted molar refractivity (Wildman–Crippen MR) is 119 cm³/mol. The number of nitrogens with one attached hydrogen (secondary N) is 1. The minimum atomic E-state index is -2.08. The Balaban J connectivity index is 1.38. The van der Waals surface area contributed by atoms with Gasteiger partial charge in [-0.3, -0.25) is 15.0 Å². The predicted octanol–water partition coefficient (Wildman–Crippen LogP) is 4.25. The monoisotopic (exact) mass is 473 g/mol. The number of benzene rings is 2. The Bertz CT molecular complexity index is 1150. The summed E-state index contributed by atoms with van der Waals surface area (Å²) >= 11 is 5.98. The van der Waals surface area contributed by atoms with Gasteiger partial charge >= 0.3 is 6.09 Å². The first-order valence-corrected chi connectivity index (χ1v) is 11.1. The Kier molecular flexibility index (Phi) is 5.37. The highest BCUT2D eigenvalue weighted by molar-refractivity contribution is 6.31. The number of rotatable bonds is 3. The van der Waals surface area contributed by atoms with E-state index in [9.17, 15) is 9.59 Å². The summed E-state index contributed by atoms with van der Waals surface area (Å²) in [5, 5.41) is 2.32. The van der Waals surface area contributed by atoms with Crippen LogP contribution in [-0.2, 0) is 21.7 Å². The zero-order valence-electron chi connectivity index (χ0n) is 17.7. The normalized spacial score (nSPS) is 26.8. The van der Waals surface area contributed by atoms with Crippen LogP contribution in [-0.4, -0.2) is 53.6 Å². The Labute approximate surface area is 194 Å². The van der Waals surface area contributed by atoms with Crippen LogP contribution in [0.25, 0.3) is 0 Å². The van der Waals surface area contributed by atoms with Crippen LogP contribution in [0.5, 0.6) is 0 Å². The topological polar surface area (TPSA) is 61.9 Å². The van der Waals surface area contributed by atoms with Gasteiger partial charge in [-0.05, 0) is 23.8 Å². The molecule has 1 unspecified atom stereocenters. The lowest BCUT2D eigenvalue weighted by molar-refractivity contribution is -0.146. The van der Waals surface area contributed by atoms with Crippen LogP contribution < -0.4 is 5.32 Å². The van der Waals surface area contributed by atoms with Crippen LogP contribution >= 0.6 is 11.6 Å². The fourth-order valence-corrected chi connectivity index (χ4v) is 5.01. The number of halogens is 3. The van der Waals surface area contributed by atoms with Gasteiger partial charge in [0.05, 0.1) is 22.8 Å². The summed E-state index contributed by atoms with van der Waals surface area (Å²) in [6.45, 7) is 0.881. The van der Waals surface area contributed by atoms with Crippen molar-refractivity contribution in [2.45, 2.75) is 24.2 Å². The van der Waals surface area contributed by atoms with Gasteiger partial charge in [-0.2, -0.15) is 0 Å². The largest absolute Gasteiger partial charge is 0.431 e. The molecular formula is C24H22ClF2N3O3. The molecule has 172 valence electrons. The van der Waals surface area contributed by atoms with Crippen molar-refractivity contribution in [3.05, 3.63) is 76.6 Å². The molecule has 0 saturated carbocycles. The molecule has 3 aliphatic rings. The quantitative estimate of drug-likeness (QED) is 0.677. The lowest BCUT2D eigenvalue weighted by Crippen LogP contribution is -2.56. The van der Waals surface area contributed by atoms with Crippen molar-refractivity contribution in [1.82, 2.24) is 9.80 Å². The highest BCUT2D eigenvalue weighted by Gasteiger charge is 2.52. The van der Waals surface area contributed by atoms with Gasteiger partial charge in [0.2, 0.25) is 5.67 Å². The van der Waals surface area contributed by atoms with Crippen LogP contribution in [0.15, 0.2) is 54.6 Å². The molecule has 6 nitrogen and oxygen atoms in total. The van der Waals surface area contributed by atoms with E-state index in [0.717, 1.165) is 5.56 Å². The molecule has 5 rings (SSSR count). The minimum Gasteiger partial charge on any atom is -0.431 e. The number of carbonyl (C=O) groups excluding carboxylic acids is 2. The van der Waals surface area contributed by atoms with Crippen LogP contribution in [0.3, 0.4) is 0 Å². The van der Waals surface area contributed by atoms with Gasteiger partial charge in [0.25, 0.3) is 5.91 Å². The third-order valence-electron chi connectivity index (χ3n) is 6.39. The van der Waals surface area contributed by atoms with Gasteiger partial charge in [-0.25, -0.2) is 13.6 Å². The zero-order valence-corrected chi connectivity index (χ0v) is 18.4. The SMILES string of the molecule is O=C1Nc2ccc(Cl)c(F)c2[C@@]2(C=CCN(C(=O)C3(F)CCN(Cc4ccccc4)C3)C2)O1. The van der Waals surface area contributed by atoms with Crippen molar-refractivity contribution >= 4 is 29.3 Å². The maximum absolute atomic E-state index is 15.8. The third kappa shape index (κ3) is 3.87. The van der Waals surface area contributed by atoms with Gasteiger partial charge < -0.3 is 9.64 Å². The second-order valence-electron chi connectivity index (χ2n) is 8.69. The van der Waals surface area contributed by atoms with Gasteiger partial charge in [-0.1, -0.05) is 48.0 Å². The summed E-state index contributed by atoms with van der Waals surface area (Å²) in [5.41, 5.74) is -2.39. The van der Waals surface area contributed by atoms with Crippen molar-refractivity contribution < 1.29 is 23.1 Å². The fourth-order valence-electron chi connectivity index (χ4n) is 4.86. The molecule has 2 aromatic carbocycles. The van der Waals surface area contributed by atoms with Crippen molar-refractivity contribution in [3.63, 3.8) is 0 Å². The van der Waals surface area contributed by atoms with Crippen molar-refractivity contribution in [3.8, 4) is 0 Å². The van der Waals surface area contributed by atoms with Gasteiger partial charge in [0.1, 0.15) is 0 Å². The van der Waals surface area contributed by atoms with Crippen LogP contribution in [0, 0.1) is 5.82 Å². The minimum absolute atomic E-state index is 0.0217. The lowest BCUT2D eigenvalue weighted by Gasteiger charge is -2.43. The molecule has 0 aromatic heterocycles. The van der Waals surface area contributed by atoms with E-state index in [2.05, 4.69) is 5.32 Å². The highest BCUT2D eigenvalue weighted by atomic mass is 35.5. The first-order valence-electron chi connectivity index (χ1n) is 10.7. The summed E-state index contributed by atoms with van der Waals surface area (Å²) < 4.78 is 36.4. The Morgan fingerprint density at radius 3 is 2.76 bits per heavy atom.